The Hall–Kier alpha value is -1.43. The zero-order chi connectivity index (χ0) is 13.5. The van der Waals surface area contributed by atoms with Crippen molar-refractivity contribution < 1.29 is 23.5 Å². The molecule has 0 aromatic heterocycles. The lowest BCUT2D eigenvalue weighted by atomic mass is 9.89. The average Bonchev–Trinajstić information content (AvgIpc) is 2.30. The molecule has 1 aromatic carbocycles. The second kappa shape index (κ2) is 4.35. The summed E-state index contributed by atoms with van der Waals surface area (Å²) >= 11 is 3.10. The molecule has 6 heteroatoms. The Labute approximate surface area is 111 Å². The molecule has 0 aliphatic carbocycles. The van der Waals surface area contributed by atoms with E-state index in [9.17, 15) is 14.0 Å². The van der Waals surface area contributed by atoms with E-state index in [1.165, 1.54) is 26.2 Å². The van der Waals surface area contributed by atoms with Gasteiger partial charge in [-0.3, -0.25) is 0 Å². The summed E-state index contributed by atoms with van der Waals surface area (Å²) in [5.74, 6) is -1.99. The lowest BCUT2D eigenvalue weighted by Crippen LogP contribution is -2.46. The van der Waals surface area contributed by atoms with Gasteiger partial charge in [0, 0.05) is 16.5 Å². The summed E-state index contributed by atoms with van der Waals surface area (Å²) < 4.78 is 23.9. The molecule has 96 valence electrons. The molecule has 0 radical (unpaired) electrons. The zero-order valence-electron chi connectivity index (χ0n) is 9.75. The first-order valence-electron chi connectivity index (χ1n) is 5.17. The quantitative estimate of drug-likeness (QED) is 0.746. The van der Waals surface area contributed by atoms with Gasteiger partial charge in [-0.1, -0.05) is 15.9 Å². The van der Waals surface area contributed by atoms with Crippen molar-refractivity contribution in [3.8, 4) is 0 Å². The van der Waals surface area contributed by atoms with E-state index in [1.807, 2.05) is 0 Å². The minimum Gasteiger partial charge on any atom is -0.466 e. The van der Waals surface area contributed by atoms with E-state index in [-0.39, 0.29) is 17.5 Å². The molecule has 18 heavy (non-hydrogen) atoms. The molecular weight excluding hydrogens is 307 g/mol. The van der Waals surface area contributed by atoms with Crippen molar-refractivity contribution >= 4 is 27.9 Å². The summed E-state index contributed by atoms with van der Waals surface area (Å²) in [5.41, 5.74) is -1.18. The molecule has 0 N–H and O–H groups in total. The molecule has 4 nitrogen and oxygen atoms in total. The van der Waals surface area contributed by atoms with Gasteiger partial charge < -0.3 is 9.47 Å². The van der Waals surface area contributed by atoms with Crippen LogP contribution in [0.1, 0.15) is 22.8 Å². The number of ether oxygens (including phenoxy) is 2. The van der Waals surface area contributed by atoms with Crippen LogP contribution in [-0.2, 0) is 20.7 Å². The molecule has 0 spiro atoms. The Balaban J connectivity index is 2.52. The maximum atomic E-state index is 13.8. The van der Waals surface area contributed by atoms with Crippen LogP contribution in [0.4, 0.5) is 4.39 Å². The van der Waals surface area contributed by atoms with Crippen LogP contribution in [0, 0.1) is 5.82 Å². The summed E-state index contributed by atoms with van der Waals surface area (Å²) in [6.45, 7) is 1.40. The molecule has 1 unspecified atom stereocenters. The van der Waals surface area contributed by atoms with E-state index in [0.29, 0.717) is 4.47 Å². The molecule has 0 saturated heterocycles. The first-order valence-corrected chi connectivity index (χ1v) is 5.96. The van der Waals surface area contributed by atoms with Gasteiger partial charge in [0.1, 0.15) is 5.82 Å². The molecular formula is C12H10BrFO4. The first kappa shape index (κ1) is 13.0. The maximum absolute atomic E-state index is 13.8. The number of esters is 2. The summed E-state index contributed by atoms with van der Waals surface area (Å²) in [4.78, 5) is 23.4. The van der Waals surface area contributed by atoms with Crippen molar-refractivity contribution in [1.82, 2.24) is 0 Å². The first-order chi connectivity index (χ1) is 8.37. The normalized spacial score (nSPS) is 22.1. The van der Waals surface area contributed by atoms with Gasteiger partial charge in [0.2, 0.25) is 5.60 Å². The topological polar surface area (TPSA) is 52.6 Å². The fraction of sp³-hybridized carbons (Fsp3) is 0.333. The van der Waals surface area contributed by atoms with Crippen molar-refractivity contribution in [2.24, 2.45) is 0 Å². The molecule has 1 atom stereocenters. The molecule has 1 aliphatic rings. The van der Waals surface area contributed by atoms with Gasteiger partial charge in [-0.05, 0) is 19.1 Å². The highest BCUT2D eigenvalue weighted by molar-refractivity contribution is 9.10. The molecule has 0 amide bonds. The standard InChI is InChI=1S/C12H10BrFO4/c1-12(11(16)17-2)5-8-7(10(15)18-12)3-6(13)4-9(8)14/h3-4H,5H2,1-2H3. The molecule has 1 aromatic rings. The molecule has 2 rings (SSSR count). The summed E-state index contributed by atoms with van der Waals surface area (Å²) in [6.07, 6.45) is -0.0418. The van der Waals surface area contributed by atoms with E-state index in [2.05, 4.69) is 20.7 Å². The van der Waals surface area contributed by atoms with E-state index in [0.717, 1.165) is 0 Å². The Morgan fingerprint density at radius 3 is 2.83 bits per heavy atom. The Bertz CT molecular complexity index is 543. The predicted octanol–water partition coefficient (Wildman–Crippen LogP) is 2.23. The minimum atomic E-state index is -1.48. The van der Waals surface area contributed by atoms with Crippen LogP contribution in [0.25, 0.3) is 0 Å². The predicted molar refractivity (Wildman–Crippen MR) is 63.6 cm³/mol. The molecule has 1 aliphatic heterocycles. The van der Waals surface area contributed by atoms with Gasteiger partial charge in [0.25, 0.3) is 0 Å². The van der Waals surface area contributed by atoms with Crippen molar-refractivity contribution in [3.63, 3.8) is 0 Å². The third-order valence-corrected chi connectivity index (χ3v) is 3.29. The van der Waals surface area contributed by atoms with Crippen LogP contribution in [-0.4, -0.2) is 24.6 Å². The third-order valence-electron chi connectivity index (χ3n) is 2.83. The fourth-order valence-electron chi connectivity index (χ4n) is 1.93. The van der Waals surface area contributed by atoms with Crippen LogP contribution in [0.3, 0.4) is 0 Å². The number of methoxy groups -OCH3 is 1. The highest BCUT2D eigenvalue weighted by Gasteiger charge is 2.44. The van der Waals surface area contributed by atoms with Crippen LogP contribution in [0.5, 0.6) is 0 Å². The van der Waals surface area contributed by atoms with Crippen molar-refractivity contribution in [2.75, 3.05) is 7.11 Å². The van der Waals surface area contributed by atoms with Crippen LogP contribution in [0.15, 0.2) is 16.6 Å². The smallest absolute Gasteiger partial charge is 0.350 e. The lowest BCUT2D eigenvalue weighted by molar-refractivity contribution is -0.161. The van der Waals surface area contributed by atoms with Gasteiger partial charge in [-0.15, -0.1) is 0 Å². The average molecular weight is 317 g/mol. The van der Waals surface area contributed by atoms with Gasteiger partial charge in [-0.25, -0.2) is 14.0 Å². The second-order valence-electron chi connectivity index (χ2n) is 4.20. The third kappa shape index (κ3) is 2.01. The highest BCUT2D eigenvalue weighted by Crippen LogP contribution is 2.32. The number of hydrogen-bond donors (Lipinski definition) is 0. The maximum Gasteiger partial charge on any atom is 0.350 e. The van der Waals surface area contributed by atoms with Gasteiger partial charge in [0.05, 0.1) is 12.7 Å². The number of carbonyl (C=O) groups is 2. The Morgan fingerprint density at radius 1 is 1.56 bits per heavy atom. The number of benzene rings is 1. The van der Waals surface area contributed by atoms with Crippen LogP contribution >= 0.6 is 15.9 Å². The number of fused-ring (bicyclic) bond motifs is 1. The number of carbonyl (C=O) groups excluding carboxylic acids is 2. The summed E-state index contributed by atoms with van der Waals surface area (Å²) in [5, 5.41) is 0. The number of hydrogen-bond acceptors (Lipinski definition) is 4. The van der Waals surface area contributed by atoms with Crippen LogP contribution in [0.2, 0.25) is 0 Å². The Morgan fingerprint density at radius 2 is 2.22 bits per heavy atom. The summed E-state index contributed by atoms with van der Waals surface area (Å²) in [7, 11) is 1.19. The SMILES string of the molecule is COC(=O)C1(C)Cc2c(F)cc(Br)cc2C(=O)O1. The van der Waals surface area contributed by atoms with E-state index in [4.69, 9.17) is 4.74 Å². The van der Waals surface area contributed by atoms with E-state index < -0.39 is 23.4 Å². The van der Waals surface area contributed by atoms with Gasteiger partial charge in [-0.2, -0.15) is 0 Å². The summed E-state index contributed by atoms with van der Waals surface area (Å²) in [6, 6.07) is 2.72. The van der Waals surface area contributed by atoms with Crippen molar-refractivity contribution in [1.29, 1.82) is 0 Å². The fourth-order valence-corrected chi connectivity index (χ4v) is 2.36. The van der Waals surface area contributed by atoms with Gasteiger partial charge >= 0.3 is 11.9 Å². The minimum absolute atomic E-state index is 0.0418. The number of halogens is 2. The zero-order valence-corrected chi connectivity index (χ0v) is 11.3. The molecule has 1 heterocycles. The van der Waals surface area contributed by atoms with E-state index >= 15 is 0 Å². The van der Waals surface area contributed by atoms with Gasteiger partial charge in [0.15, 0.2) is 0 Å². The lowest BCUT2D eigenvalue weighted by Gasteiger charge is -2.31. The Kier molecular flexibility index (Phi) is 3.14. The number of cyclic esters (lactones) is 1. The number of rotatable bonds is 1. The van der Waals surface area contributed by atoms with E-state index in [1.54, 1.807) is 0 Å². The molecule has 0 saturated carbocycles. The monoisotopic (exact) mass is 316 g/mol. The van der Waals surface area contributed by atoms with Crippen molar-refractivity contribution in [2.45, 2.75) is 18.9 Å². The second-order valence-corrected chi connectivity index (χ2v) is 5.12. The largest absolute Gasteiger partial charge is 0.466 e. The van der Waals surface area contributed by atoms with Crippen LogP contribution < -0.4 is 0 Å². The molecule has 0 bridgehead atoms. The van der Waals surface area contributed by atoms with Crippen molar-refractivity contribution in [3.05, 3.63) is 33.5 Å². The highest BCUT2D eigenvalue weighted by atomic mass is 79.9. The molecule has 0 fully saturated rings.